The van der Waals surface area contributed by atoms with Crippen LogP contribution in [-0.2, 0) is 0 Å². The Kier molecular flexibility index (Phi) is 8.04. The fourth-order valence-corrected chi connectivity index (χ4v) is 2.87. The van der Waals surface area contributed by atoms with Gasteiger partial charge in [0.1, 0.15) is 5.82 Å². The summed E-state index contributed by atoms with van der Waals surface area (Å²) in [7, 11) is 2.66. The lowest BCUT2D eigenvalue weighted by Gasteiger charge is -2.17. The number of carbonyl (C=O) groups is 1. The van der Waals surface area contributed by atoms with Gasteiger partial charge in [0.2, 0.25) is 0 Å². The first kappa shape index (κ1) is 20.7. The van der Waals surface area contributed by atoms with E-state index in [-0.39, 0.29) is 11.7 Å². The Hall–Kier alpha value is -2.64. The van der Waals surface area contributed by atoms with E-state index >= 15 is 0 Å². The second-order valence-electron chi connectivity index (χ2n) is 5.46. The molecule has 2 rings (SSSR count). The van der Waals surface area contributed by atoms with Crippen molar-refractivity contribution in [2.45, 2.75) is 5.03 Å². The molecule has 1 N–H and O–H groups in total. The first-order valence-electron chi connectivity index (χ1n) is 8.14. The minimum absolute atomic E-state index is 0.225. The van der Waals surface area contributed by atoms with Gasteiger partial charge in [-0.05, 0) is 36.4 Å². The van der Waals surface area contributed by atoms with Crippen LogP contribution >= 0.6 is 11.8 Å². The van der Waals surface area contributed by atoms with Crippen molar-refractivity contribution >= 4 is 30.8 Å². The van der Waals surface area contributed by atoms with Crippen LogP contribution in [0.3, 0.4) is 0 Å². The van der Waals surface area contributed by atoms with Crippen LogP contribution in [0.1, 0.15) is 10.4 Å². The third kappa shape index (κ3) is 6.23. The van der Waals surface area contributed by atoms with Crippen molar-refractivity contribution < 1.29 is 14.2 Å². The molecule has 1 radical (unpaired) electrons. The second kappa shape index (κ2) is 10.5. The Bertz CT molecular complexity index is 836. The van der Waals surface area contributed by atoms with Gasteiger partial charge in [-0.1, -0.05) is 36.4 Å². The number of hydrogen-bond donors (Lipinski definition) is 1. The maximum atomic E-state index is 13.0. The lowest BCUT2D eigenvalue weighted by molar-refractivity contribution is 0.0992. The predicted octanol–water partition coefficient (Wildman–Crippen LogP) is 3.83. The number of carbonyl (C=O) groups excluding carboxylic acids is 1. The van der Waals surface area contributed by atoms with E-state index in [4.69, 9.17) is 5.02 Å². The van der Waals surface area contributed by atoms with Crippen molar-refractivity contribution in [2.75, 3.05) is 17.7 Å². The Morgan fingerprint density at radius 1 is 1.33 bits per heavy atom. The second-order valence-corrected chi connectivity index (χ2v) is 6.51. The summed E-state index contributed by atoms with van der Waals surface area (Å²) in [5.41, 5.74) is 1.72. The average molecular weight is 381 g/mol. The predicted molar refractivity (Wildman–Crippen MR) is 109 cm³/mol. The average Bonchev–Trinajstić information content (AvgIpc) is 2.70. The number of rotatable bonds is 8. The molecule has 0 aliphatic heterocycles. The molecule has 0 aliphatic rings. The topological polar surface area (TPSA) is 53.4 Å². The number of thioether (sulfide) groups is 1. The lowest BCUT2D eigenvalue weighted by atomic mass is 9.87. The largest absolute Gasteiger partial charge is 0.450 e. The molecular formula is C20H19BFN2O2S. The van der Waals surface area contributed by atoms with E-state index in [0.717, 1.165) is 12.5 Å². The molecular weight excluding hydrogens is 362 g/mol. The van der Waals surface area contributed by atoms with Crippen molar-refractivity contribution in [1.29, 1.82) is 0 Å². The van der Waals surface area contributed by atoms with Crippen LogP contribution in [0, 0.1) is 5.82 Å². The summed E-state index contributed by atoms with van der Waals surface area (Å²) in [6.45, 7) is 3.58. The number of allylic oxidation sites excluding steroid dienone is 4. The number of hydrogen-bond acceptors (Lipinski definition) is 4. The number of pyridine rings is 1. The summed E-state index contributed by atoms with van der Waals surface area (Å²) < 4.78 is 13.0. The highest BCUT2D eigenvalue weighted by Gasteiger charge is 2.14. The highest BCUT2D eigenvalue weighted by atomic mass is 32.2. The Labute approximate surface area is 163 Å². The molecule has 27 heavy (non-hydrogen) atoms. The molecule has 0 saturated heterocycles. The molecule has 7 heteroatoms. The highest BCUT2D eigenvalue weighted by molar-refractivity contribution is 7.99. The Balaban J connectivity index is 1.98. The Morgan fingerprint density at radius 3 is 2.67 bits per heavy atom. The first-order chi connectivity index (χ1) is 13.0. The van der Waals surface area contributed by atoms with E-state index in [9.17, 15) is 9.18 Å². The third-order valence-electron chi connectivity index (χ3n) is 3.63. The standard InChI is InChI=1S/C20H19BFN2O2S/c1-3-4-5-16(21-26)12-13-27-19-11-6-15(14-23-19)20(25)24(2)18-9-7-17(22)8-10-18/h3-12,14,26H,1,13H2,2H3/b5-4-,16-12-. The zero-order valence-electron chi connectivity index (χ0n) is 14.9. The fourth-order valence-electron chi connectivity index (χ4n) is 2.13. The van der Waals surface area contributed by atoms with Crippen LogP contribution in [0.2, 0.25) is 0 Å². The maximum absolute atomic E-state index is 13.0. The van der Waals surface area contributed by atoms with Gasteiger partial charge in [0.05, 0.1) is 10.6 Å². The number of halogens is 1. The zero-order valence-corrected chi connectivity index (χ0v) is 15.7. The third-order valence-corrected chi connectivity index (χ3v) is 4.50. The van der Waals surface area contributed by atoms with Crippen LogP contribution in [0.5, 0.6) is 0 Å². The molecule has 1 heterocycles. The molecule has 0 saturated carbocycles. The minimum Gasteiger partial charge on any atom is -0.450 e. The normalized spacial score (nSPS) is 11.4. The molecule has 2 aromatic rings. The van der Waals surface area contributed by atoms with Crippen molar-refractivity contribution in [3.63, 3.8) is 0 Å². The van der Waals surface area contributed by atoms with Crippen molar-refractivity contribution in [3.05, 3.63) is 90.3 Å². The molecule has 0 spiro atoms. The summed E-state index contributed by atoms with van der Waals surface area (Å²) in [5, 5.41) is 9.90. The zero-order chi connectivity index (χ0) is 19.6. The maximum Gasteiger partial charge on any atom is 0.326 e. The summed E-state index contributed by atoms with van der Waals surface area (Å²) in [5.74, 6) is 0.0415. The molecule has 1 aromatic carbocycles. The van der Waals surface area contributed by atoms with Crippen LogP contribution < -0.4 is 4.90 Å². The van der Waals surface area contributed by atoms with Crippen LogP contribution in [-0.4, -0.2) is 36.2 Å². The number of benzene rings is 1. The lowest BCUT2D eigenvalue weighted by Crippen LogP contribution is -2.26. The first-order valence-corrected chi connectivity index (χ1v) is 9.13. The molecule has 0 unspecified atom stereocenters. The SMILES string of the molecule is C=C/C=C\C([B]O)=C\CSc1ccc(C(=O)N(C)c2ccc(F)cc2)cn1. The van der Waals surface area contributed by atoms with Crippen molar-refractivity contribution in [3.8, 4) is 0 Å². The molecule has 0 bridgehead atoms. The van der Waals surface area contributed by atoms with Gasteiger partial charge in [0.25, 0.3) is 5.91 Å². The number of anilines is 1. The monoisotopic (exact) mass is 381 g/mol. The number of aromatic nitrogens is 1. The Morgan fingerprint density at radius 2 is 2.07 bits per heavy atom. The quantitative estimate of drug-likeness (QED) is 0.429. The van der Waals surface area contributed by atoms with E-state index in [0.29, 0.717) is 22.5 Å². The van der Waals surface area contributed by atoms with Gasteiger partial charge >= 0.3 is 7.48 Å². The number of amides is 1. The van der Waals surface area contributed by atoms with E-state index in [1.807, 2.05) is 6.08 Å². The summed E-state index contributed by atoms with van der Waals surface area (Å²) in [6.07, 6.45) is 8.48. The molecule has 1 aromatic heterocycles. The number of nitrogens with zero attached hydrogens (tertiary/aromatic N) is 2. The van der Waals surface area contributed by atoms with Crippen LogP contribution in [0.4, 0.5) is 10.1 Å². The molecule has 0 aliphatic carbocycles. The molecule has 1 amide bonds. The summed E-state index contributed by atoms with van der Waals surface area (Å²) >= 11 is 1.48. The molecule has 0 atom stereocenters. The van der Waals surface area contributed by atoms with Crippen molar-refractivity contribution in [1.82, 2.24) is 4.98 Å². The van der Waals surface area contributed by atoms with Gasteiger partial charge in [-0.3, -0.25) is 4.79 Å². The summed E-state index contributed by atoms with van der Waals surface area (Å²) in [6, 6.07) is 9.20. The summed E-state index contributed by atoms with van der Waals surface area (Å²) in [4.78, 5) is 18.3. The van der Waals surface area contributed by atoms with Crippen LogP contribution in [0.25, 0.3) is 0 Å². The van der Waals surface area contributed by atoms with Crippen LogP contribution in [0.15, 0.2) is 84.0 Å². The van der Waals surface area contributed by atoms with Gasteiger partial charge in [0, 0.05) is 24.7 Å². The van der Waals surface area contributed by atoms with E-state index in [1.165, 1.54) is 35.0 Å². The van der Waals surface area contributed by atoms with Gasteiger partial charge in [-0.15, -0.1) is 11.8 Å². The van der Waals surface area contributed by atoms with Gasteiger partial charge in [0.15, 0.2) is 0 Å². The highest BCUT2D eigenvalue weighted by Crippen LogP contribution is 2.19. The smallest absolute Gasteiger partial charge is 0.326 e. The minimum atomic E-state index is -0.348. The van der Waals surface area contributed by atoms with Gasteiger partial charge in [-0.2, -0.15) is 0 Å². The fraction of sp³-hybridized carbons (Fsp3) is 0.100. The van der Waals surface area contributed by atoms with E-state index in [1.54, 1.807) is 49.5 Å². The molecule has 4 nitrogen and oxygen atoms in total. The van der Waals surface area contributed by atoms with Gasteiger partial charge in [-0.25, -0.2) is 9.37 Å². The van der Waals surface area contributed by atoms with E-state index < -0.39 is 0 Å². The van der Waals surface area contributed by atoms with Crippen molar-refractivity contribution in [2.24, 2.45) is 0 Å². The van der Waals surface area contributed by atoms with Gasteiger partial charge < -0.3 is 9.92 Å². The van der Waals surface area contributed by atoms with E-state index in [2.05, 4.69) is 11.6 Å². The molecule has 0 fully saturated rings. The molecule has 137 valence electrons.